The lowest BCUT2D eigenvalue weighted by atomic mass is 10.2. The van der Waals surface area contributed by atoms with Crippen molar-refractivity contribution in [1.82, 2.24) is 0 Å². The fourth-order valence-corrected chi connectivity index (χ4v) is 1.98. The van der Waals surface area contributed by atoms with E-state index in [1.165, 1.54) is 0 Å². The predicted octanol–water partition coefficient (Wildman–Crippen LogP) is 4.58. The number of hydrogen-bond donors (Lipinski definition) is 1. The molecule has 0 spiro atoms. The molecule has 0 bridgehead atoms. The molecule has 1 N–H and O–H groups in total. The minimum Gasteiger partial charge on any atom is -0.493 e. The van der Waals surface area contributed by atoms with Crippen molar-refractivity contribution in [2.75, 3.05) is 12.5 Å². The number of ether oxygens (including phenoxy) is 2. The van der Waals surface area contributed by atoms with Crippen molar-refractivity contribution in [2.24, 2.45) is 5.10 Å². The summed E-state index contributed by atoms with van der Waals surface area (Å²) in [6.45, 7) is 3.94. The van der Waals surface area contributed by atoms with Gasteiger partial charge in [0.25, 0.3) is 0 Å². The quantitative estimate of drug-likeness (QED) is 0.626. The number of hydrogen-bond acceptors (Lipinski definition) is 4. The highest BCUT2D eigenvalue weighted by molar-refractivity contribution is 6.30. The van der Waals surface area contributed by atoms with Gasteiger partial charge in [0.05, 0.1) is 25.1 Å². The molecule has 2 rings (SSSR count). The topological polar surface area (TPSA) is 42.8 Å². The predicted molar refractivity (Wildman–Crippen MR) is 91.4 cm³/mol. The molecule has 0 aromatic heterocycles. The molecule has 0 radical (unpaired) electrons. The van der Waals surface area contributed by atoms with E-state index in [0.29, 0.717) is 16.5 Å². The van der Waals surface area contributed by atoms with Gasteiger partial charge in [-0.05, 0) is 50.2 Å². The van der Waals surface area contributed by atoms with Gasteiger partial charge in [0, 0.05) is 10.6 Å². The Bertz CT molecular complexity index is 640. The first-order valence-electron chi connectivity index (χ1n) is 6.98. The van der Waals surface area contributed by atoms with Crippen LogP contribution in [0.5, 0.6) is 11.5 Å². The van der Waals surface area contributed by atoms with E-state index in [9.17, 15) is 0 Å². The maximum atomic E-state index is 5.85. The van der Waals surface area contributed by atoms with Crippen LogP contribution in [0.1, 0.15) is 19.4 Å². The van der Waals surface area contributed by atoms with E-state index in [-0.39, 0.29) is 6.10 Å². The molecule has 0 aliphatic heterocycles. The number of benzene rings is 2. The zero-order chi connectivity index (χ0) is 15.9. The van der Waals surface area contributed by atoms with Gasteiger partial charge in [0.2, 0.25) is 0 Å². The Labute approximate surface area is 135 Å². The maximum Gasteiger partial charge on any atom is 0.170 e. The summed E-state index contributed by atoms with van der Waals surface area (Å²) >= 11 is 5.85. The Kier molecular flexibility index (Phi) is 5.67. The molecule has 2 aromatic rings. The molecular formula is C17H19ClN2O2. The van der Waals surface area contributed by atoms with Gasteiger partial charge in [0.15, 0.2) is 11.5 Å². The summed E-state index contributed by atoms with van der Waals surface area (Å²) in [5, 5.41) is 4.92. The van der Waals surface area contributed by atoms with E-state index >= 15 is 0 Å². The van der Waals surface area contributed by atoms with E-state index in [4.69, 9.17) is 21.1 Å². The molecule has 22 heavy (non-hydrogen) atoms. The van der Waals surface area contributed by atoms with Crippen LogP contribution in [0.3, 0.4) is 0 Å². The number of rotatable bonds is 6. The van der Waals surface area contributed by atoms with Crippen LogP contribution in [0.25, 0.3) is 0 Å². The molecule has 116 valence electrons. The SMILES string of the molecule is COc1cccc(/C=N\Nc2ccc(Cl)cc2)c1OC(C)C. The molecule has 0 atom stereocenters. The van der Waals surface area contributed by atoms with Crippen molar-refractivity contribution in [1.29, 1.82) is 0 Å². The van der Waals surface area contributed by atoms with E-state index in [1.807, 2.05) is 44.2 Å². The third-order valence-corrected chi connectivity index (χ3v) is 3.08. The van der Waals surface area contributed by atoms with Gasteiger partial charge in [-0.25, -0.2) is 0 Å². The lowest BCUT2D eigenvalue weighted by Crippen LogP contribution is -2.09. The van der Waals surface area contributed by atoms with Crippen LogP contribution in [0.15, 0.2) is 47.6 Å². The van der Waals surface area contributed by atoms with E-state index in [1.54, 1.807) is 25.5 Å². The van der Waals surface area contributed by atoms with Crippen molar-refractivity contribution in [2.45, 2.75) is 20.0 Å². The second-order valence-electron chi connectivity index (χ2n) is 4.92. The zero-order valence-corrected chi connectivity index (χ0v) is 13.6. The highest BCUT2D eigenvalue weighted by Gasteiger charge is 2.10. The number of methoxy groups -OCH3 is 1. The Morgan fingerprint density at radius 2 is 1.86 bits per heavy atom. The van der Waals surface area contributed by atoms with Crippen LogP contribution < -0.4 is 14.9 Å². The Balaban J connectivity index is 2.17. The van der Waals surface area contributed by atoms with Crippen LogP contribution in [0, 0.1) is 0 Å². The van der Waals surface area contributed by atoms with Crippen molar-refractivity contribution in [3.8, 4) is 11.5 Å². The van der Waals surface area contributed by atoms with Gasteiger partial charge in [0.1, 0.15) is 0 Å². The number of para-hydroxylation sites is 1. The van der Waals surface area contributed by atoms with Gasteiger partial charge >= 0.3 is 0 Å². The molecule has 0 aliphatic carbocycles. The molecule has 0 saturated carbocycles. The molecule has 4 nitrogen and oxygen atoms in total. The normalized spacial score (nSPS) is 11.0. The fourth-order valence-electron chi connectivity index (χ4n) is 1.86. The smallest absolute Gasteiger partial charge is 0.170 e. The molecular weight excluding hydrogens is 300 g/mol. The average Bonchev–Trinajstić information content (AvgIpc) is 2.50. The Hall–Kier alpha value is -2.20. The second kappa shape index (κ2) is 7.71. The third-order valence-electron chi connectivity index (χ3n) is 2.82. The highest BCUT2D eigenvalue weighted by Crippen LogP contribution is 2.31. The van der Waals surface area contributed by atoms with Crippen LogP contribution in [0.2, 0.25) is 5.02 Å². The highest BCUT2D eigenvalue weighted by atomic mass is 35.5. The standard InChI is InChI=1S/C17H19ClN2O2/c1-12(2)22-17-13(5-4-6-16(17)21-3)11-19-20-15-9-7-14(18)8-10-15/h4-12,20H,1-3H3/b19-11-. The molecule has 0 unspecified atom stereocenters. The van der Waals surface area contributed by atoms with Crippen molar-refractivity contribution in [3.05, 3.63) is 53.1 Å². The zero-order valence-electron chi connectivity index (χ0n) is 12.8. The number of nitrogens with zero attached hydrogens (tertiary/aromatic N) is 1. The average molecular weight is 319 g/mol. The number of hydrazone groups is 1. The largest absolute Gasteiger partial charge is 0.493 e. The maximum absolute atomic E-state index is 5.85. The van der Waals surface area contributed by atoms with Crippen LogP contribution in [-0.2, 0) is 0 Å². The first-order valence-corrected chi connectivity index (χ1v) is 7.36. The number of anilines is 1. The minimum atomic E-state index is 0.0488. The van der Waals surface area contributed by atoms with Gasteiger partial charge < -0.3 is 9.47 Å². The minimum absolute atomic E-state index is 0.0488. The monoisotopic (exact) mass is 318 g/mol. The summed E-state index contributed by atoms with van der Waals surface area (Å²) in [7, 11) is 1.62. The lowest BCUT2D eigenvalue weighted by Gasteiger charge is -2.15. The fraction of sp³-hybridized carbons (Fsp3) is 0.235. The van der Waals surface area contributed by atoms with Crippen LogP contribution >= 0.6 is 11.6 Å². The van der Waals surface area contributed by atoms with Gasteiger partial charge in [-0.1, -0.05) is 17.7 Å². The summed E-state index contributed by atoms with van der Waals surface area (Å²) in [5.41, 5.74) is 4.65. The number of nitrogens with one attached hydrogen (secondary N) is 1. The summed E-state index contributed by atoms with van der Waals surface area (Å²) in [6.07, 6.45) is 1.75. The molecule has 0 aliphatic rings. The first kappa shape index (κ1) is 16.2. The van der Waals surface area contributed by atoms with Crippen LogP contribution in [-0.4, -0.2) is 19.4 Å². The van der Waals surface area contributed by atoms with Gasteiger partial charge in [-0.2, -0.15) is 5.10 Å². The molecule has 0 fully saturated rings. The second-order valence-corrected chi connectivity index (χ2v) is 5.36. The van der Waals surface area contributed by atoms with E-state index < -0.39 is 0 Å². The van der Waals surface area contributed by atoms with Gasteiger partial charge in [-0.15, -0.1) is 0 Å². The summed E-state index contributed by atoms with van der Waals surface area (Å²) in [6, 6.07) is 13.0. The third kappa shape index (κ3) is 4.40. The van der Waals surface area contributed by atoms with Crippen molar-refractivity contribution < 1.29 is 9.47 Å². The van der Waals surface area contributed by atoms with Crippen molar-refractivity contribution in [3.63, 3.8) is 0 Å². The molecule has 2 aromatic carbocycles. The molecule has 0 heterocycles. The summed E-state index contributed by atoms with van der Waals surface area (Å²) < 4.78 is 11.2. The summed E-state index contributed by atoms with van der Waals surface area (Å²) in [4.78, 5) is 0. The molecule has 5 heteroatoms. The van der Waals surface area contributed by atoms with Gasteiger partial charge in [-0.3, -0.25) is 5.43 Å². The number of halogens is 1. The Morgan fingerprint density at radius 1 is 1.14 bits per heavy atom. The first-order chi connectivity index (χ1) is 10.6. The summed E-state index contributed by atoms with van der Waals surface area (Å²) in [5.74, 6) is 1.37. The lowest BCUT2D eigenvalue weighted by molar-refractivity contribution is 0.230. The molecule has 0 saturated heterocycles. The van der Waals surface area contributed by atoms with E-state index in [2.05, 4.69) is 10.5 Å². The molecule has 0 amide bonds. The van der Waals surface area contributed by atoms with Crippen molar-refractivity contribution >= 4 is 23.5 Å². The van der Waals surface area contributed by atoms with Crippen LogP contribution in [0.4, 0.5) is 5.69 Å². The van der Waals surface area contributed by atoms with E-state index in [0.717, 1.165) is 11.3 Å². The Morgan fingerprint density at radius 3 is 2.50 bits per heavy atom.